The van der Waals surface area contributed by atoms with Crippen LogP contribution in [0.25, 0.3) is 0 Å². The van der Waals surface area contributed by atoms with Gasteiger partial charge in [0.05, 0.1) is 21.7 Å². The topological polar surface area (TPSA) is 68.3 Å². The molecule has 8 heteroatoms. The van der Waals surface area contributed by atoms with E-state index in [1.54, 1.807) is 0 Å². The standard InChI is InChI=1S/C12H10ClFN3O3/c1-20-16-5-4-12(17(18)19)11(7-16)15-10-3-2-8(14)6-9(10)13/h2-7,15H,1H3/q+1. The molecular weight excluding hydrogens is 289 g/mol. The van der Waals surface area contributed by atoms with Gasteiger partial charge in [-0.1, -0.05) is 11.6 Å². The van der Waals surface area contributed by atoms with Gasteiger partial charge in [-0.05, 0) is 18.2 Å². The molecule has 0 bridgehead atoms. The minimum atomic E-state index is -0.542. The molecule has 0 amide bonds. The van der Waals surface area contributed by atoms with Crippen molar-refractivity contribution in [3.63, 3.8) is 0 Å². The van der Waals surface area contributed by atoms with Gasteiger partial charge in [-0.25, -0.2) is 4.39 Å². The zero-order valence-corrected chi connectivity index (χ0v) is 11.1. The van der Waals surface area contributed by atoms with Crippen LogP contribution >= 0.6 is 11.6 Å². The van der Waals surface area contributed by atoms with E-state index in [9.17, 15) is 14.5 Å². The lowest BCUT2D eigenvalue weighted by Gasteiger charge is -2.07. The first-order valence-corrected chi connectivity index (χ1v) is 5.85. The molecular formula is C12H10ClFN3O3+. The van der Waals surface area contributed by atoms with Crippen molar-refractivity contribution in [2.24, 2.45) is 0 Å². The normalized spacial score (nSPS) is 10.2. The quantitative estimate of drug-likeness (QED) is 0.535. The van der Waals surface area contributed by atoms with E-state index in [-0.39, 0.29) is 16.4 Å². The average molecular weight is 299 g/mol. The van der Waals surface area contributed by atoms with Crippen LogP contribution in [0.1, 0.15) is 0 Å². The van der Waals surface area contributed by atoms with E-state index in [2.05, 4.69) is 5.32 Å². The summed E-state index contributed by atoms with van der Waals surface area (Å²) in [6.07, 6.45) is 2.79. The van der Waals surface area contributed by atoms with E-state index in [1.165, 1.54) is 42.4 Å². The maximum atomic E-state index is 13.0. The molecule has 20 heavy (non-hydrogen) atoms. The monoisotopic (exact) mass is 298 g/mol. The largest absolute Gasteiger partial charge is 0.344 e. The van der Waals surface area contributed by atoms with Crippen LogP contribution in [0.5, 0.6) is 0 Å². The summed E-state index contributed by atoms with van der Waals surface area (Å²) < 4.78 is 14.3. The molecule has 0 saturated heterocycles. The SMILES string of the molecule is CO[n+]1ccc([N+](=O)[O-])c(Nc2ccc(F)cc2Cl)c1. The third-order valence-corrected chi connectivity index (χ3v) is 2.83. The molecule has 0 saturated carbocycles. The van der Waals surface area contributed by atoms with Crippen molar-refractivity contribution in [1.29, 1.82) is 0 Å². The summed E-state index contributed by atoms with van der Waals surface area (Å²) in [5.41, 5.74) is 0.372. The lowest BCUT2D eigenvalue weighted by Crippen LogP contribution is -2.39. The first-order valence-electron chi connectivity index (χ1n) is 5.47. The Labute approximate surface area is 118 Å². The molecule has 2 aromatic rings. The summed E-state index contributed by atoms with van der Waals surface area (Å²) in [6.45, 7) is 0. The Balaban J connectivity index is 2.43. The fourth-order valence-corrected chi connectivity index (χ4v) is 1.79. The Bertz CT molecular complexity index is 666. The van der Waals surface area contributed by atoms with E-state index in [0.29, 0.717) is 5.69 Å². The molecule has 1 aromatic carbocycles. The summed E-state index contributed by atoms with van der Waals surface area (Å²) >= 11 is 5.87. The minimum Gasteiger partial charge on any atom is -0.344 e. The van der Waals surface area contributed by atoms with E-state index in [0.717, 1.165) is 6.07 Å². The van der Waals surface area contributed by atoms with Gasteiger partial charge < -0.3 is 5.32 Å². The Morgan fingerprint density at radius 1 is 1.40 bits per heavy atom. The number of nitrogens with zero attached hydrogens (tertiary/aromatic N) is 2. The van der Waals surface area contributed by atoms with E-state index >= 15 is 0 Å². The van der Waals surface area contributed by atoms with E-state index in [1.807, 2.05) is 0 Å². The predicted molar refractivity (Wildman–Crippen MR) is 70.5 cm³/mol. The molecule has 1 aromatic heterocycles. The van der Waals surface area contributed by atoms with Crippen molar-refractivity contribution in [1.82, 2.24) is 0 Å². The van der Waals surface area contributed by atoms with Gasteiger partial charge in [0.25, 0.3) is 6.20 Å². The Kier molecular flexibility index (Phi) is 3.99. The molecule has 0 unspecified atom stereocenters. The van der Waals surface area contributed by atoms with Crippen LogP contribution in [0, 0.1) is 15.9 Å². The number of nitro groups is 1. The van der Waals surface area contributed by atoms with Crippen molar-refractivity contribution in [2.75, 3.05) is 12.4 Å². The number of halogens is 2. The smallest absolute Gasteiger partial charge is 0.305 e. The lowest BCUT2D eigenvalue weighted by atomic mass is 10.3. The van der Waals surface area contributed by atoms with Crippen LogP contribution in [-0.2, 0) is 0 Å². The van der Waals surface area contributed by atoms with Crippen LogP contribution in [0.3, 0.4) is 0 Å². The second-order valence-corrected chi connectivity index (χ2v) is 4.20. The highest BCUT2D eigenvalue weighted by Crippen LogP contribution is 2.30. The second-order valence-electron chi connectivity index (χ2n) is 3.79. The molecule has 0 aliphatic rings. The van der Waals surface area contributed by atoms with Crippen molar-refractivity contribution in [3.05, 3.63) is 57.6 Å². The maximum absolute atomic E-state index is 13.0. The number of hydrogen-bond acceptors (Lipinski definition) is 4. The van der Waals surface area contributed by atoms with Gasteiger partial charge in [0, 0.05) is 4.73 Å². The second kappa shape index (κ2) is 5.70. The number of rotatable bonds is 4. The highest BCUT2D eigenvalue weighted by molar-refractivity contribution is 6.33. The molecule has 0 atom stereocenters. The first-order chi connectivity index (χ1) is 9.51. The number of aromatic nitrogens is 1. The Morgan fingerprint density at radius 3 is 2.75 bits per heavy atom. The molecule has 0 spiro atoms. The van der Waals surface area contributed by atoms with Gasteiger partial charge in [0.15, 0.2) is 5.69 Å². The molecule has 0 aliphatic carbocycles. The molecule has 0 fully saturated rings. The van der Waals surface area contributed by atoms with Gasteiger partial charge in [-0.15, -0.1) is 0 Å². The Hall–Kier alpha value is -2.41. The van der Waals surface area contributed by atoms with Gasteiger partial charge in [-0.3, -0.25) is 15.0 Å². The third-order valence-electron chi connectivity index (χ3n) is 2.52. The van der Waals surface area contributed by atoms with Crippen LogP contribution in [0.15, 0.2) is 36.7 Å². The molecule has 1 heterocycles. The summed E-state index contributed by atoms with van der Waals surface area (Å²) in [7, 11) is 1.42. The minimum absolute atomic E-state index is 0.118. The summed E-state index contributed by atoms with van der Waals surface area (Å²) in [4.78, 5) is 15.4. The van der Waals surface area contributed by atoms with Crippen LogP contribution in [0.4, 0.5) is 21.5 Å². The van der Waals surface area contributed by atoms with Gasteiger partial charge in [0.2, 0.25) is 6.20 Å². The molecule has 0 radical (unpaired) electrons. The fourth-order valence-electron chi connectivity index (χ4n) is 1.58. The number of benzene rings is 1. The summed E-state index contributed by atoms with van der Waals surface area (Å²) in [5.74, 6) is -0.491. The van der Waals surface area contributed by atoms with Gasteiger partial charge >= 0.3 is 5.69 Å². The molecule has 2 rings (SSSR count). The first kappa shape index (κ1) is 14.0. The van der Waals surface area contributed by atoms with Crippen molar-refractivity contribution >= 4 is 28.7 Å². The van der Waals surface area contributed by atoms with Crippen molar-refractivity contribution in [3.8, 4) is 0 Å². The summed E-state index contributed by atoms with van der Waals surface area (Å²) in [5, 5.41) is 13.9. The van der Waals surface area contributed by atoms with Crippen LogP contribution < -0.4 is 14.9 Å². The van der Waals surface area contributed by atoms with Crippen LogP contribution in [-0.4, -0.2) is 12.0 Å². The van der Waals surface area contributed by atoms with Crippen molar-refractivity contribution in [2.45, 2.75) is 0 Å². The number of nitrogens with one attached hydrogen (secondary N) is 1. The maximum Gasteiger partial charge on any atom is 0.305 e. The highest BCUT2D eigenvalue weighted by Gasteiger charge is 2.20. The van der Waals surface area contributed by atoms with E-state index in [4.69, 9.17) is 16.4 Å². The summed E-state index contributed by atoms with van der Waals surface area (Å²) in [6, 6.07) is 4.99. The number of anilines is 2. The molecule has 6 nitrogen and oxygen atoms in total. The van der Waals surface area contributed by atoms with Gasteiger partial charge in [0.1, 0.15) is 12.9 Å². The van der Waals surface area contributed by atoms with Gasteiger partial charge in [-0.2, -0.15) is 0 Å². The zero-order valence-electron chi connectivity index (χ0n) is 10.3. The zero-order chi connectivity index (χ0) is 14.7. The van der Waals surface area contributed by atoms with E-state index < -0.39 is 10.7 Å². The fraction of sp³-hybridized carbons (Fsp3) is 0.0833. The van der Waals surface area contributed by atoms with Crippen molar-refractivity contribution < 1.29 is 18.9 Å². The van der Waals surface area contributed by atoms with Crippen LogP contribution in [0.2, 0.25) is 5.02 Å². The average Bonchev–Trinajstić information content (AvgIpc) is 2.41. The number of hydrogen-bond donors (Lipinski definition) is 1. The third kappa shape index (κ3) is 2.94. The lowest BCUT2D eigenvalue weighted by molar-refractivity contribution is -0.885. The Morgan fingerprint density at radius 2 is 2.15 bits per heavy atom. The molecule has 104 valence electrons. The number of pyridine rings is 1. The molecule has 0 aliphatic heterocycles. The molecule has 1 N–H and O–H groups in total. The highest BCUT2D eigenvalue weighted by atomic mass is 35.5. The predicted octanol–water partition coefficient (Wildman–Crippen LogP) is 2.48.